The maximum Gasteiger partial charge on any atom is 0.317 e. The Bertz CT molecular complexity index is 703. The van der Waals surface area contributed by atoms with E-state index in [4.69, 9.17) is 11.6 Å². The molecule has 1 aliphatic rings. The quantitative estimate of drug-likeness (QED) is 0.824. The minimum Gasteiger partial charge on any atom is -0.334 e. The predicted octanol–water partition coefficient (Wildman–Crippen LogP) is 4.96. The third kappa shape index (κ3) is 4.95. The van der Waals surface area contributed by atoms with Crippen molar-refractivity contribution < 1.29 is 9.18 Å². The molecule has 5 heteroatoms. The van der Waals surface area contributed by atoms with Crippen molar-refractivity contribution in [2.75, 3.05) is 13.1 Å². The van der Waals surface area contributed by atoms with Gasteiger partial charge in [0.05, 0.1) is 0 Å². The van der Waals surface area contributed by atoms with E-state index in [1.807, 2.05) is 41.3 Å². The number of likely N-dealkylation sites (tertiary alicyclic amines) is 1. The molecular formula is C20H22ClFN2O. The lowest BCUT2D eigenvalue weighted by molar-refractivity contribution is 0.197. The largest absolute Gasteiger partial charge is 0.334 e. The Kier molecular flexibility index (Phi) is 5.92. The van der Waals surface area contributed by atoms with Crippen molar-refractivity contribution in [1.82, 2.24) is 10.2 Å². The Balaban J connectivity index is 1.60. The van der Waals surface area contributed by atoms with Gasteiger partial charge in [-0.2, -0.15) is 0 Å². The molecule has 3 nitrogen and oxygen atoms in total. The fraction of sp³-hybridized carbons (Fsp3) is 0.350. The molecule has 2 aromatic rings. The number of hydrogen-bond acceptors (Lipinski definition) is 1. The number of urea groups is 1. The summed E-state index contributed by atoms with van der Waals surface area (Å²) in [6, 6.07) is 14.0. The van der Waals surface area contributed by atoms with Crippen molar-refractivity contribution in [3.05, 3.63) is 70.5 Å². The molecule has 132 valence electrons. The molecule has 0 aromatic heterocycles. The summed E-state index contributed by atoms with van der Waals surface area (Å²) in [5, 5.41) is 3.67. The minimum atomic E-state index is -0.227. The van der Waals surface area contributed by atoms with Gasteiger partial charge >= 0.3 is 6.03 Å². The fourth-order valence-corrected chi connectivity index (χ4v) is 3.35. The van der Waals surface area contributed by atoms with Gasteiger partial charge in [-0.15, -0.1) is 0 Å². The molecule has 2 amide bonds. The minimum absolute atomic E-state index is 0.0519. The smallest absolute Gasteiger partial charge is 0.317 e. The summed E-state index contributed by atoms with van der Waals surface area (Å²) < 4.78 is 13.1. The summed E-state index contributed by atoms with van der Waals surface area (Å²) in [7, 11) is 0. The van der Waals surface area contributed by atoms with Crippen LogP contribution >= 0.6 is 11.6 Å². The molecule has 1 saturated heterocycles. The molecule has 0 unspecified atom stereocenters. The molecule has 2 aromatic carbocycles. The zero-order valence-corrected chi connectivity index (χ0v) is 14.8. The fourth-order valence-electron chi connectivity index (χ4n) is 3.23. The molecule has 1 aliphatic heterocycles. The third-order valence-electron chi connectivity index (χ3n) is 4.66. The number of hydrogen-bond donors (Lipinski definition) is 1. The number of halogens is 2. The van der Waals surface area contributed by atoms with Crippen LogP contribution in [0.25, 0.3) is 0 Å². The summed E-state index contributed by atoms with van der Waals surface area (Å²) >= 11 is 5.88. The van der Waals surface area contributed by atoms with Gasteiger partial charge in [-0.05, 0) is 48.2 Å². The summed E-state index contributed by atoms with van der Waals surface area (Å²) in [5.41, 5.74) is 2.11. The number of nitrogens with zero attached hydrogens (tertiary/aromatic N) is 1. The highest BCUT2D eigenvalue weighted by molar-refractivity contribution is 6.30. The highest BCUT2D eigenvalue weighted by atomic mass is 35.5. The van der Waals surface area contributed by atoms with Gasteiger partial charge in [-0.3, -0.25) is 0 Å². The van der Waals surface area contributed by atoms with E-state index in [0.29, 0.717) is 18.1 Å². The summed E-state index contributed by atoms with van der Waals surface area (Å²) in [5.74, 6) is 0.0271. The van der Waals surface area contributed by atoms with Crippen molar-refractivity contribution in [3.63, 3.8) is 0 Å². The van der Waals surface area contributed by atoms with Crippen molar-refractivity contribution in [3.8, 4) is 0 Å². The first-order valence-electron chi connectivity index (χ1n) is 8.64. The van der Waals surface area contributed by atoms with Crippen LogP contribution in [0.1, 0.15) is 36.3 Å². The normalized spacial score (nSPS) is 17.8. The molecular weight excluding hydrogens is 339 g/mol. The number of carbonyl (C=O) groups is 1. The van der Waals surface area contributed by atoms with E-state index in [1.54, 1.807) is 0 Å². The van der Waals surface area contributed by atoms with Gasteiger partial charge in [0.2, 0.25) is 0 Å². The summed E-state index contributed by atoms with van der Waals surface area (Å²) in [4.78, 5) is 14.4. The average Bonchev–Trinajstić information content (AvgIpc) is 2.88. The van der Waals surface area contributed by atoms with E-state index in [0.717, 1.165) is 36.9 Å². The van der Waals surface area contributed by atoms with Crippen LogP contribution < -0.4 is 5.32 Å². The lowest BCUT2D eigenvalue weighted by Gasteiger charge is -2.25. The lowest BCUT2D eigenvalue weighted by Crippen LogP contribution is -2.41. The van der Waals surface area contributed by atoms with E-state index in [-0.39, 0.29) is 17.8 Å². The molecule has 1 N–H and O–H groups in total. The molecule has 0 spiro atoms. The van der Waals surface area contributed by atoms with Crippen molar-refractivity contribution >= 4 is 17.6 Å². The zero-order valence-electron chi connectivity index (χ0n) is 14.1. The summed E-state index contributed by atoms with van der Waals surface area (Å²) in [6.07, 6.45) is 3.08. The van der Waals surface area contributed by atoms with Crippen molar-refractivity contribution in [2.45, 2.75) is 31.7 Å². The Morgan fingerprint density at radius 2 is 1.84 bits per heavy atom. The SMILES string of the molecule is O=C(NCc1ccc(Cl)cc1)N1CCCC[C@@H](c2ccc(F)cc2)C1. The number of amides is 2. The second-order valence-corrected chi connectivity index (χ2v) is 6.91. The van der Waals surface area contributed by atoms with Crippen LogP contribution in [0.2, 0.25) is 5.02 Å². The average molecular weight is 361 g/mol. The second kappa shape index (κ2) is 8.34. The predicted molar refractivity (Wildman–Crippen MR) is 98.3 cm³/mol. The van der Waals surface area contributed by atoms with Crippen LogP contribution in [-0.2, 0) is 6.54 Å². The van der Waals surface area contributed by atoms with Gasteiger partial charge in [0.15, 0.2) is 0 Å². The molecule has 0 saturated carbocycles. The maximum atomic E-state index is 13.1. The number of carbonyl (C=O) groups excluding carboxylic acids is 1. The maximum absolute atomic E-state index is 13.1. The summed E-state index contributed by atoms with van der Waals surface area (Å²) in [6.45, 7) is 1.90. The Morgan fingerprint density at radius 1 is 1.12 bits per heavy atom. The van der Waals surface area contributed by atoms with E-state index in [1.165, 1.54) is 12.1 Å². The number of benzene rings is 2. The molecule has 1 atom stereocenters. The van der Waals surface area contributed by atoms with Crippen molar-refractivity contribution in [1.29, 1.82) is 0 Å². The number of nitrogens with one attached hydrogen (secondary N) is 1. The molecule has 1 heterocycles. The Labute approximate surface area is 152 Å². The molecule has 3 rings (SSSR count). The zero-order chi connectivity index (χ0) is 17.6. The van der Waals surface area contributed by atoms with Crippen molar-refractivity contribution in [2.24, 2.45) is 0 Å². The Hall–Kier alpha value is -2.07. The van der Waals surface area contributed by atoms with E-state index in [9.17, 15) is 9.18 Å². The first-order chi connectivity index (χ1) is 12.1. The highest BCUT2D eigenvalue weighted by Crippen LogP contribution is 2.26. The topological polar surface area (TPSA) is 32.3 Å². The van der Waals surface area contributed by atoms with E-state index < -0.39 is 0 Å². The van der Waals surface area contributed by atoms with E-state index >= 15 is 0 Å². The number of rotatable bonds is 3. The molecule has 25 heavy (non-hydrogen) atoms. The van der Waals surface area contributed by atoms with Gasteiger partial charge in [-0.25, -0.2) is 9.18 Å². The first kappa shape index (κ1) is 17.7. The van der Waals surface area contributed by atoms with E-state index in [2.05, 4.69) is 5.32 Å². The van der Waals surface area contributed by atoms with Crippen LogP contribution in [-0.4, -0.2) is 24.0 Å². The lowest BCUT2D eigenvalue weighted by atomic mass is 9.94. The van der Waals surface area contributed by atoms with Gasteiger partial charge in [0.1, 0.15) is 5.82 Å². The highest BCUT2D eigenvalue weighted by Gasteiger charge is 2.23. The standard InChI is InChI=1S/C20H22ClFN2O/c21-18-8-4-15(5-9-18)13-23-20(25)24-12-2-1-3-17(14-24)16-6-10-19(22)11-7-16/h4-11,17H,1-3,12-14H2,(H,23,25)/t17-/m1/s1. The molecule has 1 fully saturated rings. The first-order valence-corrected chi connectivity index (χ1v) is 9.02. The van der Waals surface area contributed by atoms with Gasteiger partial charge in [0.25, 0.3) is 0 Å². The van der Waals surface area contributed by atoms with Crippen LogP contribution in [0.5, 0.6) is 0 Å². The second-order valence-electron chi connectivity index (χ2n) is 6.48. The van der Waals surface area contributed by atoms with Crippen LogP contribution in [0.3, 0.4) is 0 Å². The molecule has 0 radical (unpaired) electrons. The Morgan fingerprint density at radius 3 is 2.56 bits per heavy atom. The molecule has 0 bridgehead atoms. The third-order valence-corrected chi connectivity index (χ3v) is 4.91. The monoisotopic (exact) mass is 360 g/mol. The van der Waals surface area contributed by atoms with Crippen LogP contribution in [0.15, 0.2) is 48.5 Å². The van der Waals surface area contributed by atoms with Crippen LogP contribution in [0.4, 0.5) is 9.18 Å². The van der Waals surface area contributed by atoms with Gasteiger partial charge < -0.3 is 10.2 Å². The van der Waals surface area contributed by atoms with Gasteiger partial charge in [0, 0.05) is 30.6 Å². The molecule has 0 aliphatic carbocycles. The van der Waals surface area contributed by atoms with Gasteiger partial charge in [-0.1, -0.05) is 42.3 Å². The van der Waals surface area contributed by atoms with Crippen LogP contribution in [0, 0.1) is 5.82 Å².